The summed E-state index contributed by atoms with van der Waals surface area (Å²) >= 11 is 0. The number of hydrogen-bond acceptors (Lipinski definition) is 5. The van der Waals surface area contributed by atoms with Crippen LogP contribution in [-0.2, 0) is 11.2 Å². The van der Waals surface area contributed by atoms with Crippen molar-refractivity contribution in [3.63, 3.8) is 0 Å². The molecule has 2 fully saturated rings. The first-order chi connectivity index (χ1) is 17.5. The Morgan fingerprint density at radius 2 is 1.83 bits per heavy atom. The number of benzene rings is 1. The Morgan fingerprint density at radius 3 is 2.58 bits per heavy atom. The predicted molar refractivity (Wildman–Crippen MR) is 139 cm³/mol. The summed E-state index contributed by atoms with van der Waals surface area (Å²) < 4.78 is 2.00. The maximum absolute atomic E-state index is 13.0. The molecule has 36 heavy (non-hydrogen) atoms. The van der Waals surface area contributed by atoms with Gasteiger partial charge in [0.05, 0.1) is 18.3 Å². The number of hydrogen-bond donors (Lipinski definition) is 1. The summed E-state index contributed by atoms with van der Waals surface area (Å²) in [5.41, 5.74) is 7.62. The molecule has 0 saturated carbocycles. The average molecular weight is 483 g/mol. The molecular weight excluding hydrogens is 450 g/mol. The number of carbonyl (C=O) groups excluding carboxylic acids is 1. The smallest absolute Gasteiger partial charge is 0.227 e. The van der Waals surface area contributed by atoms with Gasteiger partial charge < -0.3 is 9.88 Å². The van der Waals surface area contributed by atoms with Crippen molar-refractivity contribution >= 4 is 16.9 Å². The summed E-state index contributed by atoms with van der Waals surface area (Å²) in [5.74, 6) is 0.254. The first-order valence-electron chi connectivity index (χ1n) is 12.7. The number of amides is 1. The van der Waals surface area contributed by atoms with E-state index in [0.717, 1.165) is 61.3 Å². The summed E-state index contributed by atoms with van der Waals surface area (Å²) in [6.07, 6.45) is 9.99. The van der Waals surface area contributed by atoms with Crippen molar-refractivity contribution in [1.29, 1.82) is 0 Å². The van der Waals surface area contributed by atoms with Gasteiger partial charge in [0, 0.05) is 55.6 Å². The maximum Gasteiger partial charge on any atom is 0.227 e. The number of rotatable bonds is 5. The van der Waals surface area contributed by atoms with Gasteiger partial charge in [-0.15, -0.1) is 0 Å². The van der Waals surface area contributed by atoms with Crippen LogP contribution in [0, 0.1) is 26.8 Å². The van der Waals surface area contributed by atoms with Crippen molar-refractivity contribution in [2.24, 2.45) is 0 Å². The molecule has 4 aromatic rings. The second-order valence-corrected chi connectivity index (χ2v) is 10.3. The van der Waals surface area contributed by atoms with E-state index in [4.69, 9.17) is 0 Å². The number of fused-ring (bicyclic) bond motifs is 1. The highest BCUT2D eigenvalue weighted by atomic mass is 16.2. The second-order valence-electron chi connectivity index (χ2n) is 10.3. The lowest BCUT2D eigenvalue weighted by atomic mass is 9.95. The lowest BCUT2D eigenvalue weighted by Gasteiger charge is -2.46. The van der Waals surface area contributed by atoms with Crippen LogP contribution in [0.3, 0.4) is 0 Å². The molecule has 2 saturated heterocycles. The first kappa shape index (κ1) is 22.9. The third kappa shape index (κ3) is 4.19. The van der Waals surface area contributed by atoms with Crippen molar-refractivity contribution < 1.29 is 4.79 Å². The quantitative estimate of drug-likeness (QED) is 0.469. The Bertz CT molecular complexity index is 1380. The minimum atomic E-state index is 0.254. The van der Waals surface area contributed by atoms with Crippen LogP contribution >= 0.6 is 0 Å². The van der Waals surface area contributed by atoms with Crippen molar-refractivity contribution in [3.8, 4) is 11.3 Å². The van der Waals surface area contributed by atoms with Crippen LogP contribution in [0.25, 0.3) is 22.3 Å². The highest BCUT2D eigenvalue weighted by Crippen LogP contribution is 2.30. The topological polar surface area (TPSA) is 82.9 Å². The van der Waals surface area contributed by atoms with E-state index in [9.17, 15) is 4.79 Å². The lowest BCUT2D eigenvalue weighted by molar-refractivity contribution is -0.132. The number of piperidine rings is 1. The first-order valence-corrected chi connectivity index (χ1v) is 12.7. The molecule has 2 aliphatic heterocycles. The molecule has 0 unspecified atom stereocenters. The SMILES string of the molecule is Cc1cc(C)c(CC(=O)N2CCC(N3C[C](n4cc(-c5ncnc6[nH]ccc56)cn4)C3)CC2)c(C)c1. The van der Waals surface area contributed by atoms with Crippen LogP contribution in [0.4, 0.5) is 0 Å². The van der Waals surface area contributed by atoms with Gasteiger partial charge in [-0.25, -0.2) is 9.97 Å². The zero-order chi connectivity index (χ0) is 24.8. The van der Waals surface area contributed by atoms with Gasteiger partial charge in [0.25, 0.3) is 0 Å². The zero-order valence-corrected chi connectivity index (χ0v) is 21.2. The number of H-pyrrole nitrogens is 1. The Labute approximate surface area is 211 Å². The molecule has 1 amide bonds. The summed E-state index contributed by atoms with van der Waals surface area (Å²) in [7, 11) is 0. The largest absolute Gasteiger partial charge is 0.346 e. The van der Waals surface area contributed by atoms with Gasteiger partial charge in [0.2, 0.25) is 5.91 Å². The molecule has 1 radical (unpaired) electrons. The number of nitrogens with one attached hydrogen (secondary N) is 1. The number of aromatic amines is 1. The molecule has 0 aliphatic carbocycles. The zero-order valence-electron chi connectivity index (χ0n) is 21.2. The molecule has 0 atom stereocenters. The Morgan fingerprint density at radius 1 is 1.08 bits per heavy atom. The van der Waals surface area contributed by atoms with Crippen molar-refractivity contribution in [2.45, 2.75) is 46.1 Å². The molecule has 2 aliphatic rings. The molecule has 6 rings (SSSR count). The van der Waals surface area contributed by atoms with E-state index in [-0.39, 0.29) is 5.91 Å². The fourth-order valence-electron chi connectivity index (χ4n) is 5.78. The molecule has 5 heterocycles. The fraction of sp³-hybridized carbons (Fsp3) is 0.393. The summed E-state index contributed by atoms with van der Waals surface area (Å²) in [6.45, 7) is 9.86. The van der Waals surface area contributed by atoms with Crippen LogP contribution in [0.2, 0.25) is 0 Å². The molecule has 3 aromatic heterocycles. The van der Waals surface area contributed by atoms with Crippen LogP contribution in [0.5, 0.6) is 0 Å². The van der Waals surface area contributed by atoms with E-state index < -0.39 is 0 Å². The van der Waals surface area contributed by atoms with Crippen LogP contribution in [-0.4, -0.2) is 72.7 Å². The van der Waals surface area contributed by atoms with Gasteiger partial charge in [-0.05, 0) is 56.4 Å². The Hall–Kier alpha value is -3.52. The van der Waals surface area contributed by atoms with E-state index in [1.165, 1.54) is 28.3 Å². The minimum Gasteiger partial charge on any atom is -0.346 e. The van der Waals surface area contributed by atoms with E-state index >= 15 is 0 Å². The highest BCUT2D eigenvalue weighted by Gasteiger charge is 2.37. The fourth-order valence-corrected chi connectivity index (χ4v) is 5.78. The maximum atomic E-state index is 13.0. The van der Waals surface area contributed by atoms with E-state index in [1.807, 2.05) is 23.1 Å². The van der Waals surface area contributed by atoms with Gasteiger partial charge in [-0.3, -0.25) is 14.4 Å². The summed E-state index contributed by atoms with van der Waals surface area (Å²) in [5, 5.41) is 5.62. The number of nitrogens with zero attached hydrogens (tertiary/aromatic N) is 6. The van der Waals surface area contributed by atoms with Crippen LogP contribution in [0.15, 0.2) is 43.1 Å². The molecule has 1 aromatic carbocycles. The molecule has 8 nitrogen and oxygen atoms in total. The number of aromatic nitrogens is 5. The highest BCUT2D eigenvalue weighted by molar-refractivity contribution is 5.90. The Balaban J connectivity index is 1.02. The van der Waals surface area contributed by atoms with Crippen molar-refractivity contribution in [3.05, 3.63) is 71.4 Å². The van der Waals surface area contributed by atoms with Gasteiger partial charge in [-0.1, -0.05) is 17.7 Å². The number of likely N-dealkylation sites (tertiary alicyclic amines) is 2. The standard InChI is InChI=1S/C28H32N7O/c1-18-10-19(2)25(20(3)11-18)12-26(36)33-8-5-22(6-9-33)34-15-23(16-34)35-14-21(13-32-35)27-24-4-7-29-28(24)31-17-30-27/h4,7,10-11,13-14,17,22H,5-6,8-9,12,15-16H2,1-3H3,(H,29,30,31). The summed E-state index contributed by atoms with van der Waals surface area (Å²) in [6, 6.07) is 8.18. The average Bonchev–Trinajstić information content (AvgIpc) is 3.50. The van der Waals surface area contributed by atoms with Gasteiger partial charge in [0.1, 0.15) is 18.0 Å². The van der Waals surface area contributed by atoms with Gasteiger partial charge in [0.15, 0.2) is 0 Å². The van der Waals surface area contributed by atoms with Crippen molar-refractivity contribution in [2.75, 3.05) is 26.2 Å². The molecule has 8 heteroatoms. The number of carbonyl (C=O) groups is 1. The molecule has 185 valence electrons. The number of aryl methyl sites for hydroxylation is 3. The van der Waals surface area contributed by atoms with Crippen molar-refractivity contribution in [1.82, 2.24) is 34.5 Å². The third-order valence-corrected chi connectivity index (χ3v) is 7.81. The molecule has 0 bridgehead atoms. The Kier molecular flexibility index (Phi) is 5.84. The second kappa shape index (κ2) is 9.17. The van der Waals surface area contributed by atoms with Gasteiger partial charge in [-0.2, -0.15) is 5.10 Å². The third-order valence-electron chi connectivity index (χ3n) is 7.81. The predicted octanol–water partition coefficient (Wildman–Crippen LogP) is 3.68. The minimum absolute atomic E-state index is 0.254. The molecule has 0 spiro atoms. The monoisotopic (exact) mass is 482 g/mol. The van der Waals surface area contributed by atoms with Gasteiger partial charge >= 0.3 is 0 Å². The normalized spacial score (nSPS) is 17.6. The van der Waals surface area contributed by atoms with Crippen LogP contribution < -0.4 is 0 Å². The van der Waals surface area contributed by atoms with Crippen LogP contribution in [0.1, 0.15) is 35.1 Å². The summed E-state index contributed by atoms with van der Waals surface area (Å²) in [4.78, 5) is 29.5. The van der Waals surface area contributed by atoms with E-state index in [2.05, 4.69) is 69.0 Å². The molecular formula is C28H32N7O. The lowest BCUT2D eigenvalue weighted by Crippen LogP contribution is -2.56. The van der Waals surface area contributed by atoms with E-state index in [0.29, 0.717) is 12.5 Å². The molecule has 1 N–H and O–H groups in total. The van der Waals surface area contributed by atoms with E-state index in [1.54, 1.807) is 6.33 Å².